The van der Waals surface area contributed by atoms with E-state index in [-0.39, 0.29) is 17.7 Å². The summed E-state index contributed by atoms with van der Waals surface area (Å²) >= 11 is 0. The first kappa shape index (κ1) is 26.7. The molecule has 41 heavy (non-hydrogen) atoms. The van der Waals surface area contributed by atoms with E-state index in [1.54, 1.807) is 24.3 Å². The van der Waals surface area contributed by atoms with Crippen molar-refractivity contribution in [2.45, 2.75) is 57.5 Å². The number of para-hydroxylation sites is 1. The molecule has 0 saturated carbocycles. The van der Waals surface area contributed by atoms with E-state index < -0.39 is 23.4 Å². The van der Waals surface area contributed by atoms with Crippen LogP contribution in [0.15, 0.2) is 103 Å². The summed E-state index contributed by atoms with van der Waals surface area (Å²) in [5.41, 5.74) is 4.87. The normalized spacial score (nSPS) is 20.0. The molecular weight excluding hydrogens is 508 g/mol. The lowest BCUT2D eigenvalue weighted by Crippen LogP contribution is -2.61. The Morgan fingerprint density at radius 1 is 0.756 bits per heavy atom. The lowest BCUT2D eigenvalue weighted by molar-refractivity contribution is -0.123. The Bertz CT molecular complexity index is 1620. The first-order valence-corrected chi connectivity index (χ1v) is 14.1. The Morgan fingerprint density at radius 3 is 1.95 bits per heavy atom. The molecule has 4 aromatic rings. The van der Waals surface area contributed by atoms with Gasteiger partial charge in [-0.2, -0.15) is 0 Å². The molecular formula is C36H34N2O3. The predicted octanol–water partition coefficient (Wildman–Crippen LogP) is 6.72. The maximum Gasteiger partial charge on any atom is 0.262 e. The second-order valence-corrected chi connectivity index (χ2v) is 12.1. The van der Waals surface area contributed by atoms with Crippen molar-refractivity contribution in [1.29, 1.82) is 0 Å². The quantitative estimate of drug-likeness (QED) is 0.263. The summed E-state index contributed by atoms with van der Waals surface area (Å²) in [5.74, 6) is -1.10. The van der Waals surface area contributed by atoms with Gasteiger partial charge in [0, 0.05) is 23.1 Å². The van der Waals surface area contributed by atoms with Gasteiger partial charge in [-0.05, 0) is 62.1 Å². The van der Waals surface area contributed by atoms with Gasteiger partial charge >= 0.3 is 0 Å². The van der Waals surface area contributed by atoms with Crippen molar-refractivity contribution in [3.8, 4) is 0 Å². The maximum absolute atomic E-state index is 14.9. The molecule has 0 aromatic heterocycles. The van der Waals surface area contributed by atoms with Gasteiger partial charge in [0.25, 0.3) is 17.7 Å². The Hall–Kier alpha value is -4.51. The molecule has 0 aliphatic carbocycles. The molecule has 0 bridgehead atoms. The zero-order valence-electron chi connectivity index (χ0n) is 23.9. The van der Waals surface area contributed by atoms with Crippen molar-refractivity contribution in [2.24, 2.45) is 0 Å². The topological polar surface area (TPSA) is 57.7 Å². The van der Waals surface area contributed by atoms with E-state index in [4.69, 9.17) is 0 Å². The van der Waals surface area contributed by atoms with E-state index in [1.165, 1.54) is 16.0 Å². The van der Waals surface area contributed by atoms with Crippen LogP contribution in [0.1, 0.15) is 70.2 Å². The number of carbonyl (C=O) groups excluding carboxylic acids is 3. The van der Waals surface area contributed by atoms with Crippen LogP contribution in [0.5, 0.6) is 0 Å². The Balaban J connectivity index is 1.48. The average molecular weight is 543 g/mol. The number of aryl methyl sites for hydroxylation is 1. The van der Waals surface area contributed by atoms with Gasteiger partial charge < -0.3 is 4.90 Å². The molecule has 0 saturated heterocycles. The third-order valence-electron chi connectivity index (χ3n) is 8.73. The standard InChI is InChI=1S/C36H34N2O3/c1-24-18-20-26(21-19-24)36(4)23-35(2,3)38(30-17-11-10-16-29(30)36)34(41)31(22-25-12-6-5-7-13-25)37-32(39)27-14-8-9-15-28(27)33(37)40/h5-21,31H,22-23H2,1-4H3/t31-,36+/m1/s1. The molecule has 6 rings (SSSR count). The van der Waals surface area contributed by atoms with E-state index in [9.17, 15) is 14.4 Å². The van der Waals surface area contributed by atoms with Crippen molar-refractivity contribution in [3.05, 3.63) is 137 Å². The zero-order valence-corrected chi connectivity index (χ0v) is 23.9. The number of benzene rings is 4. The van der Waals surface area contributed by atoms with Gasteiger partial charge in [-0.3, -0.25) is 19.3 Å². The smallest absolute Gasteiger partial charge is 0.262 e. The van der Waals surface area contributed by atoms with E-state index >= 15 is 0 Å². The van der Waals surface area contributed by atoms with Crippen LogP contribution in [0.2, 0.25) is 0 Å². The molecule has 0 N–H and O–H groups in total. The highest BCUT2D eigenvalue weighted by atomic mass is 16.2. The van der Waals surface area contributed by atoms with Gasteiger partial charge in [0.2, 0.25) is 0 Å². The summed E-state index contributed by atoms with van der Waals surface area (Å²) in [5, 5.41) is 0. The first-order valence-electron chi connectivity index (χ1n) is 14.1. The Kier molecular flexibility index (Phi) is 6.41. The van der Waals surface area contributed by atoms with Crippen LogP contribution in [0.3, 0.4) is 0 Å². The summed E-state index contributed by atoms with van der Waals surface area (Å²) in [4.78, 5) is 45.3. The van der Waals surface area contributed by atoms with Crippen molar-refractivity contribution >= 4 is 23.4 Å². The van der Waals surface area contributed by atoms with Crippen LogP contribution in [0, 0.1) is 6.92 Å². The minimum Gasteiger partial charge on any atom is -0.305 e. The number of nitrogens with zero attached hydrogens (tertiary/aromatic N) is 2. The number of fused-ring (bicyclic) bond motifs is 2. The minimum atomic E-state index is -0.999. The minimum absolute atomic E-state index is 0.231. The summed E-state index contributed by atoms with van der Waals surface area (Å²) in [7, 11) is 0. The van der Waals surface area contributed by atoms with Gasteiger partial charge in [-0.25, -0.2) is 0 Å². The Labute approximate surface area is 241 Å². The number of rotatable bonds is 5. The van der Waals surface area contributed by atoms with Crippen LogP contribution in [-0.4, -0.2) is 34.2 Å². The summed E-state index contributed by atoms with van der Waals surface area (Å²) in [6.07, 6.45) is 0.904. The van der Waals surface area contributed by atoms with E-state index in [0.717, 1.165) is 16.8 Å². The monoisotopic (exact) mass is 542 g/mol. The second-order valence-electron chi connectivity index (χ2n) is 12.1. The molecule has 0 radical (unpaired) electrons. The zero-order chi connectivity index (χ0) is 28.9. The molecule has 2 heterocycles. The summed E-state index contributed by atoms with van der Waals surface area (Å²) < 4.78 is 0. The van der Waals surface area contributed by atoms with Crippen LogP contribution in [0.4, 0.5) is 5.69 Å². The van der Waals surface area contributed by atoms with Crippen molar-refractivity contribution < 1.29 is 14.4 Å². The molecule has 4 aromatic carbocycles. The number of anilines is 1. The number of imide groups is 1. The van der Waals surface area contributed by atoms with Gasteiger partial charge in [0.1, 0.15) is 6.04 Å². The molecule has 3 amide bonds. The van der Waals surface area contributed by atoms with Crippen molar-refractivity contribution in [2.75, 3.05) is 4.90 Å². The molecule has 5 nitrogen and oxygen atoms in total. The predicted molar refractivity (Wildman–Crippen MR) is 161 cm³/mol. The lowest BCUT2D eigenvalue weighted by Gasteiger charge is -2.52. The fraction of sp³-hybridized carbons (Fsp3) is 0.250. The largest absolute Gasteiger partial charge is 0.305 e. The Morgan fingerprint density at radius 2 is 1.32 bits per heavy atom. The second kappa shape index (κ2) is 9.84. The fourth-order valence-electron chi connectivity index (χ4n) is 6.86. The van der Waals surface area contributed by atoms with Gasteiger partial charge in [0.15, 0.2) is 0 Å². The number of carbonyl (C=O) groups is 3. The highest BCUT2D eigenvalue weighted by Gasteiger charge is 2.51. The third kappa shape index (κ3) is 4.37. The number of hydrogen-bond donors (Lipinski definition) is 0. The number of amides is 3. The van der Waals surface area contributed by atoms with Crippen LogP contribution < -0.4 is 4.90 Å². The van der Waals surface area contributed by atoms with Crippen molar-refractivity contribution in [1.82, 2.24) is 4.90 Å². The molecule has 2 atom stereocenters. The van der Waals surface area contributed by atoms with E-state index in [0.29, 0.717) is 17.5 Å². The third-order valence-corrected chi connectivity index (χ3v) is 8.73. The molecule has 0 fully saturated rings. The highest BCUT2D eigenvalue weighted by Crippen LogP contribution is 2.50. The molecule has 0 spiro atoms. The fourth-order valence-corrected chi connectivity index (χ4v) is 6.86. The SMILES string of the molecule is Cc1ccc([C@]2(C)CC(C)(C)N(C(=O)[C@@H](Cc3ccccc3)N3C(=O)c4ccccc4C3=O)c3ccccc32)cc1. The molecule has 5 heteroatoms. The maximum atomic E-state index is 14.9. The number of hydrogen-bond acceptors (Lipinski definition) is 3. The van der Waals surface area contributed by atoms with Gasteiger partial charge in [-0.1, -0.05) is 97.4 Å². The van der Waals surface area contributed by atoms with Gasteiger partial charge in [0.05, 0.1) is 11.1 Å². The summed E-state index contributed by atoms with van der Waals surface area (Å²) in [6, 6.07) is 32.1. The summed E-state index contributed by atoms with van der Waals surface area (Å²) in [6.45, 7) is 8.48. The van der Waals surface area contributed by atoms with Crippen LogP contribution >= 0.6 is 0 Å². The van der Waals surface area contributed by atoms with E-state index in [2.05, 4.69) is 58.0 Å². The molecule has 206 valence electrons. The van der Waals surface area contributed by atoms with Crippen LogP contribution in [0.25, 0.3) is 0 Å². The van der Waals surface area contributed by atoms with Gasteiger partial charge in [-0.15, -0.1) is 0 Å². The lowest BCUT2D eigenvalue weighted by atomic mass is 9.65. The molecule has 0 unspecified atom stereocenters. The highest BCUT2D eigenvalue weighted by molar-refractivity contribution is 6.23. The first-order chi connectivity index (χ1) is 19.6. The molecule has 2 aliphatic rings. The average Bonchev–Trinajstić information content (AvgIpc) is 3.21. The van der Waals surface area contributed by atoms with Crippen LogP contribution in [-0.2, 0) is 16.6 Å². The van der Waals surface area contributed by atoms with E-state index in [1.807, 2.05) is 53.4 Å². The molecule has 2 aliphatic heterocycles. The van der Waals surface area contributed by atoms with Crippen molar-refractivity contribution in [3.63, 3.8) is 0 Å².